The fraction of sp³-hybridized carbons (Fsp3) is 0.750. The Labute approximate surface area is 93.3 Å². The van der Waals surface area contributed by atoms with Gasteiger partial charge in [-0.3, -0.25) is 0 Å². The molecule has 1 aliphatic heterocycles. The third-order valence-electron chi connectivity index (χ3n) is 2.54. The number of halogens is 3. The topological polar surface area (TPSA) is 37.4 Å². The fourth-order valence-corrected chi connectivity index (χ4v) is 2.85. The minimum absolute atomic E-state index is 0.0626. The van der Waals surface area contributed by atoms with Crippen molar-refractivity contribution in [2.75, 3.05) is 31.1 Å². The highest BCUT2D eigenvalue weighted by Crippen LogP contribution is 2.19. The molecule has 0 unspecified atom stereocenters. The second-order valence-corrected chi connectivity index (χ2v) is 6.32. The van der Waals surface area contributed by atoms with Gasteiger partial charge in [0, 0.05) is 6.54 Å². The number of nitrogens with zero attached hydrogens (tertiary/aromatic N) is 1. The minimum atomic E-state index is -5.02. The van der Waals surface area contributed by atoms with Crippen LogP contribution < -0.4 is 0 Å². The third-order valence-corrected chi connectivity index (χ3v) is 4.25. The van der Waals surface area contributed by atoms with E-state index in [0.717, 1.165) is 0 Å². The molecule has 0 aromatic heterocycles. The first-order valence-electron chi connectivity index (χ1n) is 5.01. The molecular formula is C8H14BF3NO2S-. The van der Waals surface area contributed by atoms with E-state index < -0.39 is 22.3 Å². The van der Waals surface area contributed by atoms with Crippen molar-refractivity contribution >= 4 is 16.8 Å². The van der Waals surface area contributed by atoms with E-state index in [0.29, 0.717) is 13.0 Å². The van der Waals surface area contributed by atoms with Crippen molar-refractivity contribution in [1.82, 2.24) is 4.90 Å². The Balaban J connectivity index is 2.54. The highest BCUT2D eigenvalue weighted by Gasteiger charge is 2.28. The first-order valence-corrected chi connectivity index (χ1v) is 6.83. The lowest BCUT2D eigenvalue weighted by Gasteiger charge is -2.25. The Morgan fingerprint density at radius 1 is 1.25 bits per heavy atom. The van der Waals surface area contributed by atoms with Crippen LogP contribution in [0.4, 0.5) is 12.9 Å². The quantitative estimate of drug-likeness (QED) is 0.708. The van der Waals surface area contributed by atoms with Gasteiger partial charge in [0.2, 0.25) is 0 Å². The predicted molar refractivity (Wildman–Crippen MR) is 57.9 cm³/mol. The summed E-state index contributed by atoms with van der Waals surface area (Å²) in [5.41, 5.74) is -0.765. The molecule has 0 aromatic carbocycles. The molecule has 0 aliphatic carbocycles. The zero-order valence-corrected chi connectivity index (χ0v) is 9.65. The molecule has 0 spiro atoms. The van der Waals surface area contributed by atoms with Crippen LogP contribution in [0.5, 0.6) is 0 Å². The van der Waals surface area contributed by atoms with Crippen LogP contribution >= 0.6 is 0 Å². The Morgan fingerprint density at radius 3 is 2.44 bits per heavy atom. The van der Waals surface area contributed by atoms with Gasteiger partial charge in [-0.25, -0.2) is 8.42 Å². The molecule has 0 bridgehead atoms. The van der Waals surface area contributed by atoms with Gasteiger partial charge in [-0.2, -0.15) is 0 Å². The van der Waals surface area contributed by atoms with E-state index in [1.165, 1.54) is 4.90 Å². The van der Waals surface area contributed by atoms with Crippen LogP contribution in [-0.4, -0.2) is 51.4 Å². The van der Waals surface area contributed by atoms with Crippen molar-refractivity contribution in [2.24, 2.45) is 0 Å². The van der Waals surface area contributed by atoms with E-state index in [9.17, 15) is 21.4 Å². The average molecular weight is 256 g/mol. The first kappa shape index (κ1) is 13.6. The summed E-state index contributed by atoms with van der Waals surface area (Å²) < 4.78 is 59.3. The van der Waals surface area contributed by atoms with Gasteiger partial charge < -0.3 is 17.8 Å². The Hall–Kier alpha value is -0.495. The van der Waals surface area contributed by atoms with Gasteiger partial charge in [0.1, 0.15) is 0 Å². The molecule has 8 heteroatoms. The molecule has 1 heterocycles. The predicted octanol–water partition coefficient (Wildman–Crippen LogP) is 1.05. The lowest BCUT2D eigenvalue weighted by Crippen LogP contribution is -2.34. The van der Waals surface area contributed by atoms with Crippen molar-refractivity contribution in [3.63, 3.8) is 0 Å². The van der Waals surface area contributed by atoms with E-state index in [2.05, 4.69) is 6.58 Å². The van der Waals surface area contributed by atoms with E-state index in [1.807, 2.05) is 0 Å². The van der Waals surface area contributed by atoms with Gasteiger partial charge in [0.25, 0.3) is 0 Å². The highest BCUT2D eigenvalue weighted by atomic mass is 32.2. The van der Waals surface area contributed by atoms with Crippen molar-refractivity contribution < 1.29 is 21.4 Å². The molecule has 0 saturated carbocycles. The normalized spacial score (nSPS) is 22.7. The van der Waals surface area contributed by atoms with E-state index >= 15 is 0 Å². The van der Waals surface area contributed by atoms with Gasteiger partial charge in [-0.05, 0) is 19.5 Å². The van der Waals surface area contributed by atoms with E-state index in [4.69, 9.17) is 0 Å². The first-order chi connectivity index (χ1) is 7.21. The lowest BCUT2D eigenvalue weighted by atomic mass is 9.80. The molecule has 1 rings (SSSR count). The SMILES string of the molecule is C=C(CN1CCCS(=O)(=O)CC1)[B-](F)(F)F. The van der Waals surface area contributed by atoms with Crippen LogP contribution in [0.2, 0.25) is 0 Å². The number of hydrogen-bond acceptors (Lipinski definition) is 3. The van der Waals surface area contributed by atoms with Crippen LogP contribution in [0.3, 0.4) is 0 Å². The smallest absolute Gasteiger partial charge is 0.445 e. The molecule has 0 radical (unpaired) electrons. The monoisotopic (exact) mass is 256 g/mol. The van der Waals surface area contributed by atoms with E-state index in [1.54, 1.807) is 0 Å². The maximum atomic E-state index is 12.3. The summed E-state index contributed by atoms with van der Waals surface area (Å²) in [6.07, 6.45) is 0.389. The molecule has 3 nitrogen and oxygen atoms in total. The van der Waals surface area contributed by atoms with Crippen molar-refractivity contribution in [3.05, 3.63) is 12.1 Å². The van der Waals surface area contributed by atoms with Crippen molar-refractivity contribution in [3.8, 4) is 0 Å². The second kappa shape index (κ2) is 4.79. The molecule has 0 amide bonds. The summed E-state index contributed by atoms with van der Waals surface area (Å²) in [5, 5.41) is 0. The molecule has 1 aliphatic rings. The summed E-state index contributed by atoms with van der Waals surface area (Å²) in [5.74, 6) is -0.00171. The summed E-state index contributed by atoms with van der Waals surface area (Å²) in [4.78, 5) is 1.50. The van der Waals surface area contributed by atoms with Crippen LogP contribution in [0.15, 0.2) is 12.1 Å². The van der Waals surface area contributed by atoms with Gasteiger partial charge in [0.05, 0.1) is 11.5 Å². The van der Waals surface area contributed by atoms with Crippen LogP contribution in [0, 0.1) is 0 Å². The lowest BCUT2D eigenvalue weighted by molar-refractivity contribution is 0.317. The van der Waals surface area contributed by atoms with Crippen molar-refractivity contribution in [1.29, 1.82) is 0 Å². The van der Waals surface area contributed by atoms with Gasteiger partial charge in [0.15, 0.2) is 9.84 Å². The van der Waals surface area contributed by atoms with Gasteiger partial charge >= 0.3 is 6.98 Å². The van der Waals surface area contributed by atoms with Crippen LogP contribution in [0.25, 0.3) is 0 Å². The zero-order chi connectivity index (χ0) is 12.4. The Kier molecular flexibility index (Phi) is 4.06. The molecule has 16 heavy (non-hydrogen) atoms. The van der Waals surface area contributed by atoms with Gasteiger partial charge in [-0.1, -0.05) is 0 Å². The maximum Gasteiger partial charge on any atom is 0.506 e. The minimum Gasteiger partial charge on any atom is -0.445 e. The molecule has 0 N–H and O–H groups in total. The average Bonchev–Trinajstić information content (AvgIpc) is 2.26. The zero-order valence-electron chi connectivity index (χ0n) is 8.83. The largest absolute Gasteiger partial charge is 0.506 e. The molecule has 0 atom stereocenters. The maximum absolute atomic E-state index is 12.3. The second-order valence-electron chi connectivity index (χ2n) is 4.01. The van der Waals surface area contributed by atoms with E-state index in [-0.39, 0.29) is 24.6 Å². The highest BCUT2D eigenvalue weighted by molar-refractivity contribution is 7.91. The Bertz CT molecular complexity index is 366. The Morgan fingerprint density at radius 2 is 1.88 bits per heavy atom. The molecule has 1 saturated heterocycles. The van der Waals surface area contributed by atoms with Crippen molar-refractivity contribution in [2.45, 2.75) is 6.42 Å². The number of hydrogen-bond donors (Lipinski definition) is 0. The summed E-state index contributed by atoms with van der Waals surface area (Å²) in [7, 11) is -3.07. The molecule has 0 aromatic rings. The van der Waals surface area contributed by atoms with Crippen LogP contribution in [-0.2, 0) is 9.84 Å². The summed E-state index contributed by atoms with van der Waals surface area (Å²) in [6, 6.07) is 0. The molecule has 1 fully saturated rings. The fourth-order valence-electron chi connectivity index (χ4n) is 1.54. The summed E-state index contributed by atoms with van der Waals surface area (Å²) in [6.45, 7) is -1.76. The number of sulfone groups is 1. The summed E-state index contributed by atoms with van der Waals surface area (Å²) >= 11 is 0. The third kappa shape index (κ3) is 4.17. The van der Waals surface area contributed by atoms with Crippen LogP contribution in [0.1, 0.15) is 6.42 Å². The van der Waals surface area contributed by atoms with Gasteiger partial charge in [-0.15, -0.1) is 12.1 Å². The molecule has 94 valence electrons. The number of rotatable bonds is 3. The molecular weight excluding hydrogens is 242 g/mol. The standard InChI is InChI=1S/C8H14BF3NO2S/c1-8(9(10,11)12)7-13-3-2-5-16(14,15)6-4-13/h1-7H2/q-1.